The van der Waals surface area contributed by atoms with Crippen LogP contribution in [0.3, 0.4) is 0 Å². The zero-order valence-corrected chi connectivity index (χ0v) is 11.7. The van der Waals surface area contributed by atoms with E-state index in [2.05, 4.69) is 17.1 Å². The lowest BCUT2D eigenvalue weighted by Crippen LogP contribution is -2.39. The molecule has 1 heterocycles. The third-order valence-electron chi connectivity index (χ3n) is 4.61. The second-order valence-electron chi connectivity index (χ2n) is 5.93. The van der Waals surface area contributed by atoms with Crippen molar-refractivity contribution in [3.8, 4) is 0 Å². The number of likely N-dealkylation sites (tertiary alicyclic amines) is 1. The maximum atomic E-state index is 13.2. The van der Waals surface area contributed by atoms with Crippen LogP contribution in [0.25, 0.3) is 0 Å². The summed E-state index contributed by atoms with van der Waals surface area (Å²) in [4.78, 5) is 2.56. The summed E-state index contributed by atoms with van der Waals surface area (Å²) in [5, 5.41) is 3.67. The highest BCUT2D eigenvalue weighted by Crippen LogP contribution is 2.31. The highest BCUT2D eigenvalue weighted by molar-refractivity contribution is 5.34. The van der Waals surface area contributed by atoms with Gasteiger partial charge < -0.3 is 5.32 Å². The maximum absolute atomic E-state index is 13.2. The van der Waals surface area contributed by atoms with Gasteiger partial charge in [0.1, 0.15) is 5.82 Å². The first-order valence-corrected chi connectivity index (χ1v) is 7.50. The Kier molecular flexibility index (Phi) is 3.85. The van der Waals surface area contributed by atoms with Crippen LogP contribution < -0.4 is 5.32 Å². The van der Waals surface area contributed by atoms with Crippen LogP contribution in [0.5, 0.6) is 0 Å². The van der Waals surface area contributed by atoms with E-state index in [0.717, 1.165) is 19.4 Å². The van der Waals surface area contributed by atoms with Gasteiger partial charge in [0.15, 0.2) is 0 Å². The second-order valence-corrected chi connectivity index (χ2v) is 5.93. The van der Waals surface area contributed by atoms with Gasteiger partial charge in [-0.1, -0.05) is 6.07 Å². The molecular weight excluding hydrogens is 239 g/mol. The van der Waals surface area contributed by atoms with Crippen molar-refractivity contribution in [2.45, 2.75) is 44.7 Å². The zero-order valence-electron chi connectivity index (χ0n) is 11.7. The molecule has 2 nitrogen and oxygen atoms in total. The summed E-state index contributed by atoms with van der Waals surface area (Å²) in [5.74, 6) is -0.107. The lowest BCUT2D eigenvalue weighted by molar-refractivity contribution is 0.245. The minimum Gasteiger partial charge on any atom is -0.308 e. The van der Waals surface area contributed by atoms with Crippen molar-refractivity contribution in [2.24, 2.45) is 0 Å². The third-order valence-corrected chi connectivity index (χ3v) is 4.61. The van der Waals surface area contributed by atoms with Gasteiger partial charge in [-0.2, -0.15) is 0 Å². The first kappa shape index (κ1) is 13.1. The quantitative estimate of drug-likeness (QED) is 0.897. The molecule has 1 aromatic carbocycles. The van der Waals surface area contributed by atoms with Gasteiger partial charge in [0.25, 0.3) is 0 Å². The second kappa shape index (κ2) is 5.59. The van der Waals surface area contributed by atoms with E-state index in [0.29, 0.717) is 12.1 Å². The van der Waals surface area contributed by atoms with E-state index in [9.17, 15) is 4.39 Å². The van der Waals surface area contributed by atoms with Gasteiger partial charge in [-0.05, 0) is 69.0 Å². The lowest BCUT2D eigenvalue weighted by Gasteiger charge is -2.26. The Hall–Kier alpha value is -0.930. The third kappa shape index (κ3) is 2.82. The van der Waals surface area contributed by atoms with E-state index < -0.39 is 0 Å². The van der Waals surface area contributed by atoms with Crippen molar-refractivity contribution in [3.63, 3.8) is 0 Å². The number of hydrogen-bond acceptors (Lipinski definition) is 2. The van der Waals surface area contributed by atoms with Crippen molar-refractivity contribution in [1.29, 1.82) is 0 Å². The first-order valence-electron chi connectivity index (χ1n) is 7.50. The Morgan fingerprint density at radius 1 is 1.37 bits per heavy atom. The fourth-order valence-electron chi connectivity index (χ4n) is 3.42. The largest absolute Gasteiger partial charge is 0.308 e. The van der Waals surface area contributed by atoms with Crippen molar-refractivity contribution in [1.82, 2.24) is 10.2 Å². The Labute approximate surface area is 115 Å². The lowest BCUT2D eigenvalue weighted by atomic mass is 10.1. The summed E-state index contributed by atoms with van der Waals surface area (Å²) in [5.41, 5.74) is 2.49. The molecule has 3 heteroatoms. The maximum Gasteiger partial charge on any atom is 0.123 e. The van der Waals surface area contributed by atoms with Crippen LogP contribution >= 0.6 is 0 Å². The topological polar surface area (TPSA) is 15.3 Å². The van der Waals surface area contributed by atoms with E-state index in [1.165, 1.54) is 37.1 Å². The van der Waals surface area contributed by atoms with Crippen LogP contribution in [-0.2, 0) is 6.42 Å². The monoisotopic (exact) mass is 262 g/mol. The van der Waals surface area contributed by atoms with Crippen molar-refractivity contribution < 1.29 is 4.39 Å². The molecule has 0 amide bonds. The first-order chi connectivity index (χ1) is 9.24. The molecule has 0 aromatic heterocycles. The Morgan fingerprint density at radius 2 is 2.16 bits per heavy atom. The molecular formula is C16H23FN2. The molecule has 0 saturated carbocycles. The van der Waals surface area contributed by atoms with Crippen molar-refractivity contribution in [3.05, 3.63) is 35.1 Å². The molecule has 1 aromatic rings. The van der Waals surface area contributed by atoms with Crippen LogP contribution in [0.2, 0.25) is 0 Å². The minimum atomic E-state index is -0.107. The van der Waals surface area contributed by atoms with E-state index in [4.69, 9.17) is 0 Å². The molecule has 0 bridgehead atoms. The predicted molar refractivity (Wildman–Crippen MR) is 75.7 cm³/mol. The van der Waals surface area contributed by atoms with Crippen LogP contribution in [0, 0.1) is 5.82 Å². The molecule has 3 rings (SSSR count). The normalized spacial score (nSPS) is 24.6. The van der Waals surface area contributed by atoms with Gasteiger partial charge in [-0.15, -0.1) is 0 Å². The van der Waals surface area contributed by atoms with Crippen LogP contribution in [0.15, 0.2) is 18.2 Å². The van der Waals surface area contributed by atoms with Crippen LogP contribution in [-0.4, -0.2) is 30.6 Å². The molecule has 104 valence electrons. The fourth-order valence-corrected chi connectivity index (χ4v) is 3.42. The van der Waals surface area contributed by atoms with E-state index in [-0.39, 0.29) is 5.82 Å². The highest BCUT2D eigenvalue weighted by Gasteiger charge is 2.24. The number of halogens is 1. The minimum absolute atomic E-state index is 0.107. The molecule has 2 atom stereocenters. The molecule has 0 radical (unpaired) electrons. The summed E-state index contributed by atoms with van der Waals surface area (Å²) in [7, 11) is 0. The number of nitrogens with zero attached hydrogens (tertiary/aromatic N) is 1. The molecule has 1 saturated heterocycles. The number of fused-ring (bicyclic) bond motifs is 1. The van der Waals surface area contributed by atoms with Gasteiger partial charge in [0.2, 0.25) is 0 Å². The standard InChI is InChI=1S/C16H23FN2/c1-12(19-8-2-3-9-19)11-18-16-7-4-13-10-14(17)5-6-15(13)16/h5-6,10,12,16,18H,2-4,7-9,11H2,1H3. The Morgan fingerprint density at radius 3 is 2.95 bits per heavy atom. The summed E-state index contributed by atoms with van der Waals surface area (Å²) >= 11 is 0. The molecule has 19 heavy (non-hydrogen) atoms. The van der Waals surface area contributed by atoms with E-state index >= 15 is 0 Å². The summed E-state index contributed by atoms with van der Waals surface area (Å²) in [6.45, 7) is 5.82. The Bertz CT molecular complexity index is 440. The van der Waals surface area contributed by atoms with Crippen LogP contribution in [0.1, 0.15) is 43.4 Å². The van der Waals surface area contributed by atoms with Gasteiger partial charge in [-0.25, -0.2) is 4.39 Å². The molecule has 1 fully saturated rings. The van der Waals surface area contributed by atoms with Crippen molar-refractivity contribution in [2.75, 3.05) is 19.6 Å². The summed E-state index contributed by atoms with van der Waals surface area (Å²) in [6, 6.07) is 6.26. The molecule has 1 aliphatic heterocycles. The molecule has 2 unspecified atom stereocenters. The molecule has 1 N–H and O–H groups in total. The number of nitrogens with one attached hydrogen (secondary N) is 1. The zero-order chi connectivity index (χ0) is 13.2. The smallest absolute Gasteiger partial charge is 0.123 e. The average molecular weight is 262 g/mol. The number of hydrogen-bond donors (Lipinski definition) is 1. The van der Waals surface area contributed by atoms with Gasteiger partial charge in [0.05, 0.1) is 0 Å². The van der Waals surface area contributed by atoms with E-state index in [1.54, 1.807) is 12.1 Å². The van der Waals surface area contributed by atoms with Gasteiger partial charge in [-0.3, -0.25) is 4.90 Å². The number of benzene rings is 1. The van der Waals surface area contributed by atoms with E-state index in [1.807, 2.05) is 6.07 Å². The summed E-state index contributed by atoms with van der Waals surface area (Å²) < 4.78 is 13.2. The Balaban J connectivity index is 1.57. The number of rotatable bonds is 4. The van der Waals surface area contributed by atoms with Gasteiger partial charge in [0, 0.05) is 18.6 Å². The fraction of sp³-hybridized carbons (Fsp3) is 0.625. The SMILES string of the molecule is CC(CNC1CCc2cc(F)ccc21)N1CCCC1. The predicted octanol–water partition coefficient (Wildman–Crippen LogP) is 2.89. The van der Waals surface area contributed by atoms with Crippen LogP contribution in [0.4, 0.5) is 4.39 Å². The average Bonchev–Trinajstić information content (AvgIpc) is 3.05. The molecule has 0 spiro atoms. The van der Waals surface area contributed by atoms with Gasteiger partial charge >= 0.3 is 0 Å². The number of aryl methyl sites for hydroxylation is 1. The summed E-state index contributed by atoms with van der Waals surface area (Å²) in [6.07, 6.45) is 4.79. The molecule has 2 aliphatic rings. The highest BCUT2D eigenvalue weighted by atomic mass is 19.1. The molecule has 1 aliphatic carbocycles. The van der Waals surface area contributed by atoms with Crippen molar-refractivity contribution >= 4 is 0 Å².